The third-order valence-electron chi connectivity index (χ3n) is 3.90. The molecule has 2 N–H and O–H groups in total. The monoisotopic (exact) mass is 415 g/mol. The summed E-state index contributed by atoms with van der Waals surface area (Å²) in [5, 5.41) is 6.80. The molecule has 2 aromatic carbocycles. The molecule has 0 aliphatic heterocycles. The number of carbonyl (C=O) groups is 1. The number of rotatable bonds is 6. The first-order valence-electron chi connectivity index (χ1n) is 8.81. The van der Waals surface area contributed by atoms with Gasteiger partial charge in [-0.1, -0.05) is 59.1 Å². The van der Waals surface area contributed by atoms with E-state index in [4.69, 9.17) is 28.0 Å². The van der Waals surface area contributed by atoms with Crippen molar-refractivity contribution in [2.24, 2.45) is 0 Å². The highest BCUT2D eigenvalue weighted by molar-refractivity contribution is 6.42. The van der Waals surface area contributed by atoms with Crippen LogP contribution in [0.25, 0.3) is 11.3 Å². The van der Waals surface area contributed by atoms with Crippen LogP contribution in [0.15, 0.2) is 60.8 Å². The van der Waals surface area contributed by atoms with Gasteiger partial charge in [-0.25, -0.2) is 0 Å². The quantitative estimate of drug-likeness (QED) is 0.555. The minimum atomic E-state index is 0.580. The van der Waals surface area contributed by atoms with E-state index in [1.165, 1.54) is 5.56 Å². The molecule has 0 fully saturated rings. The maximum absolute atomic E-state index is 9.06. The Labute approximate surface area is 175 Å². The van der Waals surface area contributed by atoms with Gasteiger partial charge >= 0.3 is 0 Å². The van der Waals surface area contributed by atoms with Gasteiger partial charge in [0.25, 0.3) is 0 Å². The molecule has 3 rings (SSSR count). The molecule has 4 nitrogen and oxygen atoms in total. The maximum atomic E-state index is 9.06. The largest absolute Gasteiger partial charge is 0.362 e. The van der Waals surface area contributed by atoms with Crippen molar-refractivity contribution in [1.29, 1.82) is 0 Å². The fourth-order valence-electron chi connectivity index (χ4n) is 2.50. The Hall–Kier alpha value is -2.40. The third-order valence-corrected chi connectivity index (χ3v) is 4.64. The number of hydrogen-bond donors (Lipinski definition) is 2. The minimum absolute atomic E-state index is 0.580. The molecule has 1 amide bonds. The lowest BCUT2D eigenvalue weighted by molar-refractivity contribution is -0.109. The lowest BCUT2D eigenvalue weighted by Crippen LogP contribution is -2.12. The summed E-state index contributed by atoms with van der Waals surface area (Å²) in [4.78, 5) is 13.6. The number of hydrogen-bond acceptors (Lipinski definition) is 3. The molecule has 0 aliphatic carbocycles. The second kappa shape index (κ2) is 11.4. The van der Waals surface area contributed by atoms with Gasteiger partial charge in [0.2, 0.25) is 6.41 Å². The zero-order valence-electron chi connectivity index (χ0n) is 15.9. The smallest absolute Gasteiger partial charge is 0.206 e. The number of aromatic nitrogens is 1. The molecule has 0 saturated carbocycles. The summed E-state index contributed by atoms with van der Waals surface area (Å²) in [7, 11) is 1.56. The molecule has 6 heteroatoms. The third kappa shape index (κ3) is 6.97. The number of carbonyl (C=O) groups excluding carboxylic acids is 1. The van der Waals surface area contributed by atoms with Crippen LogP contribution < -0.4 is 10.6 Å². The molecule has 0 saturated heterocycles. The lowest BCUT2D eigenvalue weighted by Gasteiger charge is -2.07. The molecular formula is C22H23Cl2N3O. The zero-order chi connectivity index (χ0) is 20.4. The van der Waals surface area contributed by atoms with Crippen LogP contribution in [0.2, 0.25) is 10.0 Å². The lowest BCUT2D eigenvalue weighted by atomic mass is 10.1. The van der Waals surface area contributed by atoms with Gasteiger partial charge in [0.1, 0.15) is 0 Å². The molecule has 1 aromatic heterocycles. The van der Waals surface area contributed by atoms with E-state index in [0.717, 1.165) is 35.5 Å². The highest BCUT2D eigenvalue weighted by atomic mass is 35.5. The molecule has 0 unspecified atom stereocenters. The first kappa shape index (κ1) is 21.9. The molecule has 3 aromatic rings. The van der Waals surface area contributed by atoms with Crippen molar-refractivity contribution in [3.63, 3.8) is 0 Å². The van der Waals surface area contributed by atoms with Crippen molar-refractivity contribution in [3.05, 3.63) is 87.5 Å². The van der Waals surface area contributed by atoms with Gasteiger partial charge in [0.05, 0.1) is 15.7 Å². The van der Waals surface area contributed by atoms with Crippen LogP contribution in [0.5, 0.6) is 0 Å². The fourth-order valence-corrected chi connectivity index (χ4v) is 2.83. The predicted octanol–water partition coefficient (Wildman–Crippen LogP) is 5.02. The second-order valence-corrected chi connectivity index (χ2v) is 6.99. The summed E-state index contributed by atoms with van der Waals surface area (Å²) in [5.74, 6) is 0. The average molecular weight is 416 g/mol. The molecule has 1 heterocycles. The highest BCUT2D eigenvalue weighted by Crippen LogP contribution is 2.22. The minimum Gasteiger partial charge on any atom is -0.362 e. The number of aryl methyl sites for hydroxylation is 1. The van der Waals surface area contributed by atoms with Crippen molar-refractivity contribution in [1.82, 2.24) is 15.6 Å². The van der Waals surface area contributed by atoms with Gasteiger partial charge in [-0.3, -0.25) is 9.78 Å². The van der Waals surface area contributed by atoms with Crippen LogP contribution in [-0.2, 0) is 17.9 Å². The molecule has 0 aliphatic rings. The van der Waals surface area contributed by atoms with Gasteiger partial charge < -0.3 is 10.6 Å². The average Bonchev–Trinajstić information content (AvgIpc) is 2.71. The Bertz CT molecular complexity index is 899. The highest BCUT2D eigenvalue weighted by Gasteiger charge is 2.02. The predicted molar refractivity (Wildman–Crippen MR) is 117 cm³/mol. The van der Waals surface area contributed by atoms with Crippen LogP contribution in [0, 0.1) is 6.92 Å². The van der Waals surface area contributed by atoms with E-state index in [1.54, 1.807) is 7.05 Å². The van der Waals surface area contributed by atoms with Crippen molar-refractivity contribution < 1.29 is 4.79 Å². The molecule has 146 valence electrons. The Morgan fingerprint density at radius 2 is 1.68 bits per heavy atom. The molecular weight excluding hydrogens is 393 g/mol. The summed E-state index contributed by atoms with van der Waals surface area (Å²) in [6, 6.07) is 18.2. The van der Waals surface area contributed by atoms with E-state index in [1.807, 2.05) is 24.4 Å². The number of nitrogens with one attached hydrogen (secondary N) is 2. The van der Waals surface area contributed by atoms with Crippen LogP contribution in [0.1, 0.15) is 16.7 Å². The van der Waals surface area contributed by atoms with Gasteiger partial charge in [-0.05, 0) is 42.3 Å². The normalized spacial score (nSPS) is 10.0. The van der Waals surface area contributed by atoms with E-state index >= 15 is 0 Å². The van der Waals surface area contributed by atoms with E-state index in [9.17, 15) is 0 Å². The number of nitrogens with zero attached hydrogens (tertiary/aromatic N) is 1. The summed E-state index contributed by atoms with van der Waals surface area (Å²) < 4.78 is 0. The number of benzene rings is 2. The van der Waals surface area contributed by atoms with Gasteiger partial charge in [-0.15, -0.1) is 0 Å². The summed E-state index contributed by atoms with van der Waals surface area (Å²) in [5.41, 5.74) is 5.62. The zero-order valence-corrected chi connectivity index (χ0v) is 17.4. The molecule has 0 atom stereocenters. The number of amides is 1. The summed E-state index contributed by atoms with van der Waals surface area (Å²) in [6.45, 7) is 3.57. The number of pyridine rings is 1. The number of halogens is 2. The topological polar surface area (TPSA) is 54.0 Å². The second-order valence-electron chi connectivity index (χ2n) is 6.18. The Kier molecular flexibility index (Phi) is 8.95. The van der Waals surface area contributed by atoms with Crippen LogP contribution in [-0.4, -0.2) is 18.4 Å². The van der Waals surface area contributed by atoms with Gasteiger partial charge in [0, 0.05) is 31.9 Å². The van der Waals surface area contributed by atoms with E-state index in [0.29, 0.717) is 16.5 Å². The molecule has 0 radical (unpaired) electrons. The first-order valence-corrected chi connectivity index (χ1v) is 9.56. The van der Waals surface area contributed by atoms with E-state index in [2.05, 4.69) is 58.9 Å². The fraction of sp³-hybridized carbons (Fsp3) is 0.182. The summed E-state index contributed by atoms with van der Waals surface area (Å²) >= 11 is 12.0. The van der Waals surface area contributed by atoms with Crippen molar-refractivity contribution in [3.8, 4) is 11.3 Å². The standard InChI is InChI=1S/C20H18Cl2N2.C2H5NO/c1-14-3-2-4-17(9-14)20-8-6-16(13-24-20)12-23-11-15-5-7-18(21)19(22)10-15;1-3-2-4/h2-10,13,23H,11-12H2,1H3;2H,1H3,(H,3,4). The Morgan fingerprint density at radius 3 is 2.29 bits per heavy atom. The Morgan fingerprint density at radius 1 is 0.964 bits per heavy atom. The van der Waals surface area contributed by atoms with Gasteiger partial charge in [-0.2, -0.15) is 0 Å². The SMILES string of the molecule is CNC=O.Cc1cccc(-c2ccc(CNCc3ccc(Cl)c(Cl)c3)cn2)c1. The molecule has 0 spiro atoms. The van der Waals surface area contributed by atoms with E-state index < -0.39 is 0 Å². The van der Waals surface area contributed by atoms with Crippen molar-refractivity contribution in [2.45, 2.75) is 20.0 Å². The first-order chi connectivity index (χ1) is 13.5. The van der Waals surface area contributed by atoms with Crippen LogP contribution in [0.4, 0.5) is 0 Å². The van der Waals surface area contributed by atoms with Crippen LogP contribution >= 0.6 is 23.2 Å². The molecule has 0 bridgehead atoms. The Balaban J connectivity index is 0.000000640. The van der Waals surface area contributed by atoms with E-state index in [-0.39, 0.29) is 0 Å². The summed E-state index contributed by atoms with van der Waals surface area (Å²) in [6.07, 6.45) is 2.54. The molecule has 28 heavy (non-hydrogen) atoms. The van der Waals surface area contributed by atoms with Crippen molar-refractivity contribution >= 4 is 29.6 Å². The maximum Gasteiger partial charge on any atom is 0.206 e. The van der Waals surface area contributed by atoms with Crippen molar-refractivity contribution in [2.75, 3.05) is 7.05 Å². The van der Waals surface area contributed by atoms with Gasteiger partial charge in [0.15, 0.2) is 0 Å². The van der Waals surface area contributed by atoms with Crippen LogP contribution in [0.3, 0.4) is 0 Å².